The summed E-state index contributed by atoms with van der Waals surface area (Å²) >= 11 is 0. The maximum absolute atomic E-state index is 12.9. The minimum atomic E-state index is 0.0778. The molecule has 0 aliphatic carbocycles. The number of nitrogens with zero attached hydrogens (tertiary/aromatic N) is 6. The van der Waals surface area contributed by atoms with E-state index in [0.29, 0.717) is 12.0 Å². The Morgan fingerprint density at radius 3 is 2.79 bits per heavy atom. The first-order chi connectivity index (χ1) is 16.6. The fraction of sp³-hybridized carbons (Fsp3) is 0.308. The summed E-state index contributed by atoms with van der Waals surface area (Å²) in [6, 6.07) is 16.8. The molecular weight excluding hydrogens is 426 g/mol. The van der Waals surface area contributed by atoms with Crippen molar-refractivity contribution >= 4 is 28.7 Å². The number of imidazole rings is 1. The third-order valence-corrected chi connectivity index (χ3v) is 6.94. The minimum absolute atomic E-state index is 0.0778. The van der Waals surface area contributed by atoms with Gasteiger partial charge >= 0.3 is 6.03 Å². The van der Waals surface area contributed by atoms with Crippen LogP contribution >= 0.6 is 0 Å². The molecular formula is C26H27N7O. The molecule has 8 nitrogen and oxygen atoms in total. The molecule has 0 bridgehead atoms. The highest BCUT2D eigenvalue weighted by Gasteiger charge is 2.41. The molecule has 4 aromatic rings. The Kier molecular flexibility index (Phi) is 4.94. The molecule has 2 aliphatic heterocycles. The number of carbonyl (C=O) groups excluding carboxylic acids is 1. The summed E-state index contributed by atoms with van der Waals surface area (Å²) in [5, 5.41) is 3.39. The van der Waals surface area contributed by atoms with Crippen molar-refractivity contribution in [1.29, 1.82) is 0 Å². The van der Waals surface area contributed by atoms with Crippen LogP contribution in [-0.2, 0) is 0 Å². The van der Waals surface area contributed by atoms with Gasteiger partial charge in [0.1, 0.15) is 12.1 Å². The van der Waals surface area contributed by atoms with Crippen molar-refractivity contribution in [2.45, 2.75) is 38.8 Å². The molecule has 2 aliphatic rings. The molecule has 8 heteroatoms. The van der Waals surface area contributed by atoms with E-state index >= 15 is 0 Å². The molecule has 2 amide bonds. The fourth-order valence-electron chi connectivity index (χ4n) is 5.12. The van der Waals surface area contributed by atoms with Gasteiger partial charge in [-0.3, -0.25) is 9.47 Å². The second-order valence-electron chi connectivity index (χ2n) is 9.14. The van der Waals surface area contributed by atoms with E-state index < -0.39 is 0 Å². The molecule has 1 unspecified atom stereocenters. The number of aromatic nitrogens is 4. The highest BCUT2D eigenvalue weighted by molar-refractivity contribution is 5.98. The molecule has 4 heterocycles. The van der Waals surface area contributed by atoms with Gasteiger partial charge < -0.3 is 10.2 Å². The van der Waals surface area contributed by atoms with Gasteiger partial charge in [-0.2, -0.15) is 4.98 Å². The van der Waals surface area contributed by atoms with Crippen LogP contribution in [-0.4, -0.2) is 49.6 Å². The summed E-state index contributed by atoms with van der Waals surface area (Å²) in [6.45, 7) is 5.76. The molecule has 1 N–H and O–H groups in total. The van der Waals surface area contributed by atoms with Gasteiger partial charge in [-0.15, -0.1) is 0 Å². The Morgan fingerprint density at radius 1 is 1.12 bits per heavy atom. The molecule has 34 heavy (non-hydrogen) atoms. The lowest BCUT2D eigenvalue weighted by molar-refractivity contribution is 0.219. The Bertz CT molecular complexity index is 1370. The average Bonchev–Trinajstić information content (AvgIpc) is 3.55. The molecule has 2 atom stereocenters. The molecule has 2 fully saturated rings. The number of urea groups is 1. The number of anilines is 2. The summed E-state index contributed by atoms with van der Waals surface area (Å²) in [4.78, 5) is 30.6. The zero-order valence-corrected chi connectivity index (χ0v) is 19.3. The maximum Gasteiger partial charge on any atom is 0.324 e. The van der Waals surface area contributed by atoms with Gasteiger partial charge in [0.05, 0.1) is 28.8 Å². The highest BCUT2D eigenvalue weighted by atomic mass is 16.2. The number of hydrogen-bond acceptors (Lipinski definition) is 5. The first-order valence-corrected chi connectivity index (χ1v) is 11.8. The van der Waals surface area contributed by atoms with Crippen LogP contribution in [0.25, 0.3) is 16.9 Å². The zero-order valence-electron chi connectivity index (χ0n) is 19.3. The highest BCUT2D eigenvalue weighted by Crippen LogP contribution is 2.34. The quantitative estimate of drug-likeness (QED) is 0.474. The van der Waals surface area contributed by atoms with Crippen molar-refractivity contribution in [1.82, 2.24) is 24.4 Å². The van der Waals surface area contributed by atoms with Gasteiger partial charge in [0.15, 0.2) is 0 Å². The number of rotatable bonds is 5. The van der Waals surface area contributed by atoms with Gasteiger partial charge in [0.25, 0.3) is 0 Å². The largest absolute Gasteiger partial charge is 0.348 e. The van der Waals surface area contributed by atoms with Crippen LogP contribution in [0, 0.1) is 6.92 Å². The number of benzene rings is 2. The van der Waals surface area contributed by atoms with E-state index in [1.54, 1.807) is 12.5 Å². The van der Waals surface area contributed by atoms with Crippen LogP contribution < -0.4 is 10.2 Å². The van der Waals surface area contributed by atoms with Crippen molar-refractivity contribution in [3.8, 4) is 5.82 Å². The Hall–Kier alpha value is -3.94. The number of nitrogens with one attached hydrogen (secondary N) is 1. The molecule has 2 aromatic carbocycles. The molecule has 6 rings (SSSR count). The van der Waals surface area contributed by atoms with Gasteiger partial charge in [0, 0.05) is 19.3 Å². The second kappa shape index (κ2) is 8.13. The summed E-state index contributed by atoms with van der Waals surface area (Å²) in [5.74, 6) is 1.30. The van der Waals surface area contributed by atoms with Crippen molar-refractivity contribution in [2.24, 2.45) is 0 Å². The van der Waals surface area contributed by atoms with E-state index in [0.717, 1.165) is 54.0 Å². The Morgan fingerprint density at radius 2 is 1.97 bits per heavy atom. The second-order valence-corrected chi connectivity index (χ2v) is 9.14. The molecule has 172 valence electrons. The number of carbonyl (C=O) groups is 1. The summed E-state index contributed by atoms with van der Waals surface area (Å²) in [5.41, 5.74) is 4.96. The van der Waals surface area contributed by atoms with Crippen molar-refractivity contribution < 1.29 is 4.79 Å². The predicted octanol–water partition coefficient (Wildman–Crippen LogP) is 4.70. The lowest BCUT2D eigenvalue weighted by Gasteiger charge is -2.19. The van der Waals surface area contributed by atoms with Crippen LogP contribution in [0.1, 0.15) is 36.9 Å². The SMILES string of the molecule is Cc1cc2c(cc1N1CC3CCCN3C1=O)ncn2-c1ccnc(N[C@@H](C)c2ccccc2)n1. The normalized spacial score (nSPS) is 18.5. The van der Waals surface area contributed by atoms with Gasteiger partial charge in [-0.05, 0) is 56.0 Å². The van der Waals surface area contributed by atoms with Crippen molar-refractivity contribution in [3.05, 3.63) is 72.2 Å². The van der Waals surface area contributed by atoms with E-state index in [2.05, 4.69) is 47.3 Å². The number of fused-ring (bicyclic) bond motifs is 2. The smallest absolute Gasteiger partial charge is 0.324 e. The van der Waals surface area contributed by atoms with E-state index in [9.17, 15) is 4.79 Å². The van der Waals surface area contributed by atoms with Crippen LogP contribution in [0.15, 0.2) is 61.1 Å². The van der Waals surface area contributed by atoms with Gasteiger partial charge in [-0.1, -0.05) is 30.3 Å². The fourth-order valence-corrected chi connectivity index (χ4v) is 5.12. The lowest BCUT2D eigenvalue weighted by atomic mass is 10.1. The summed E-state index contributed by atoms with van der Waals surface area (Å²) < 4.78 is 1.97. The number of hydrogen-bond donors (Lipinski definition) is 1. The standard InChI is InChI=1S/C26H27N7O/c1-17-13-23-21(14-22(17)32-15-20-9-6-12-31(20)26(32)34)28-16-33(23)24-10-11-27-25(30-24)29-18(2)19-7-4-3-5-8-19/h3-5,7-8,10-11,13-14,16,18,20H,6,9,12,15H2,1-2H3,(H,27,29,30)/t18-,20?/m0/s1. The predicted molar refractivity (Wildman–Crippen MR) is 132 cm³/mol. The summed E-state index contributed by atoms with van der Waals surface area (Å²) in [6.07, 6.45) is 5.73. The van der Waals surface area contributed by atoms with E-state index in [1.807, 2.05) is 44.7 Å². The average molecular weight is 454 g/mol. The minimum Gasteiger partial charge on any atom is -0.348 e. The summed E-state index contributed by atoms with van der Waals surface area (Å²) in [7, 11) is 0. The first-order valence-electron chi connectivity index (χ1n) is 11.8. The van der Waals surface area contributed by atoms with Gasteiger partial charge in [-0.25, -0.2) is 14.8 Å². The van der Waals surface area contributed by atoms with Crippen molar-refractivity contribution in [2.75, 3.05) is 23.3 Å². The number of aryl methyl sites for hydroxylation is 1. The van der Waals surface area contributed by atoms with Crippen LogP contribution in [0.5, 0.6) is 0 Å². The van der Waals surface area contributed by atoms with E-state index in [-0.39, 0.29) is 12.1 Å². The van der Waals surface area contributed by atoms with Gasteiger partial charge in [0.2, 0.25) is 5.95 Å². The van der Waals surface area contributed by atoms with E-state index in [4.69, 9.17) is 4.98 Å². The van der Waals surface area contributed by atoms with Crippen LogP contribution in [0.2, 0.25) is 0 Å². The zero-order chi connectivity index (χ0) is 23.2. The lowest BCUT2D eigenvalue weighted by Crippen LogP contribution is -2.32. The molecule has 2 saturated heterocycles. The molecule has 0 radical (unpaired) electrons. The Labute approximate surface area is 198 Å². The van der Waals surface area contributed by atoms with Crippen LogP contribution in [0.3, 0.4) is 0 Å². The molecule has 2 aromatic heterocycles. The van der Waals surface area contributed by atoms with E-state index in [1.165, 1.54) is 5.56 Å². The first kappa shape index (κ1) is 20.7. The monoisotopic (exact) mass is 453 g/mol. The third-order valence-electron chi connectivity index (χ3n) is 6.94. The maximum atomic E-state index is 12.9. The molecule has 0 spiro atoms. The number of amides is 2. The topological polar surface area (TPSA) is 79.2 Å². The van der Waals surface area contributed by atoms with Crippen LogP contribution in [0.4, 0.5) is 16.4 Å². The molecule has 0 saturated carbocycles. The van der Waals surface area contributed by atoms with Crippen molar-refractivity contribution in [3.63, 3.8) is 0 Å². The third kappa shape index (κ3) is 3.46. The Balaban J connectivity index is 1.30.